The summed E-state index contributed by atoms with van der Waals surface area (Å²) in [7, 11) is -1.39. The van der Waals surface area contributed by atoms with E-state index in [-0.39, 0.29) is 0 Å². The average Bonchev–Trinajstić information content (AvgIpc) is 1.35. The standard InChI is InChI=1S/CH2O2S3/c2-6(3)5-1-4/h1,4H. The molecule has 5 heteroatoms. The summed E-state index contributed by atoms with van der Waals surface area (Å²) in [6.07, 6.45) is 0. The van der Waals surface area contributed by atoms with Crippen molar-refractivity contribution in [3.63, 3.8) is 0 Å². The first-order chi connectivity index (χ1) is 2.77. The Labute approximate surface area is 45.3 Å². The van der Waals surface area contributed by atoms with Crippen LogP contribution in [-0.2, 0) is 19.2 Å². The Bertz CT molecular complexity index is 161. The van der Waals surface area contributed by atoms with E-state index in [1.165, 1.54) is 4.70 Å². The van der Waals surface area contributed by atoms with Crippen molar-refractivity contribution in [1.82, 2.24) is 0 Å². The molecule has 36 valence electrons. The maximum atomic E-state index is 9.48. The average molecular weight is 142 g/mol. The summed E-state index contributed by atoms with van der Waals surface area (Å²) in [4.78, 5) is 0. The van der Waals surface area contributed by atoms with Crippen LogP contribution in [0.25, 0.3) is 0 Å². The van der Waals surface area contributed by atoms with Crippen LogP contribution in [0, 0.1) is 0 Å². The van der Waals surface area contributed by atoms with E-state index in [0.29, 0.717) is 9.91 Å². The summed E-state index contributed by atoms with van der Waals surface area (Å²) in [6.45, 7) is 0. The summed E-state index contributed by atoms with van der Waals surface area (Å²) in [5.74, 6) is 0. The molecular formula is CH2O2S3. The molecular weight excluding hydrogens is 140 g/mol. The highest BCUT2D eigenvalue weighted by Crippen LogP contribution is 1.47. The molecule has 0 aliphatic carbocycles. The summed E-state index contributed by atoms with van der Waals surface area (Å²) < 4.78 is 20.2. The molecule has 2 nitrogen and oxygen atoms in total. The Balaban J connectivity index is 4.66. The van der Waals surface area contributed by atoms with Gasteiger partial charge in [0.25, 0.3) is 9.26 Å². The molecule has 0 radical (unpaired) electrons. The second-order valence-corrected chi connectivity index (χ2v) is 3.24. The summed E-state index contributed by atoms with van der Waals surface area (Å²) in [6, 6.07) is 0. The smallest absolute Gasteiger partial charge is 0.173 e. The predicted octanol–water partition coefficient (Wildman–Crippen LogP) is -0.447. The number of rotatable bonds is 0. The molecule has 0 aliphatic rings. The SMILES string of the molecule is O=S(=O)=S=CS. The molecule has 0 fully saturated rings. The zero-order valence-corrected chi connectivity index (χ0v) is 5.18. The Morgan fingerprint density at radius 3 is 2.17 bits per heavy atom. The van der Waals surface area contributed by atoms with Crippen LogP contribution in [0.5, 0.6) is 0 Å². The minimum absolute atomic E-state index is 0.642. The Morgan fingerprint density at radius 1 is 1.67 bits per heavy atom. The van der Waals surface area contributed by atoms with Gasteiger partial charge in [0.2, 0.25) is 0 Å². The molecule has 0 saturated heterocycles. The Morgan fingerprint density at radius 2 is 2.17 bits per heavy atom. The van der Waals surface area contributed by atoms with Crippen LogP contribution in [0.4, 0.5) is 0 Å². The van der Waals surface area contributed by atoms with Gasteiger partial charge in [0.1, 0.15) is 0 Å². The molecule has 0 unspecified atom stereocenters. The van der Waals surface area contributed by atoms with Crippen molar-refractivity contribution in [3.8, 4) is 0 Å². The monoisotopic (exact) mass is 142 g/mol. The lowest BCUT2D eigenvalue weighted by atomic mass is 11.9. The quantitative estimate of drug-likeness (QED) is 0.367. The zero-order valence-electron chi connectivity index (χ0n) is 2.66. The number of thiol groups is 1. The van der Waals surface area contributed by atoms with E-state index in [1.54, 1.807) is 0 Å². The van der Waals surface area contributed by atoms with Crippen LogP contribution in [-0.4, -0.2) is 13.1 Å². The number of hydrogen-bond acceptors (Lipinski definition) is 2. The molecule has 0 aromatic carbocycles. The molecule has 0 aliphatic heterocycles. The van der Waals surface area contributed by atoms with E-state index in [0.717, 1.165) is 0 Å². The predicted molar refractivity (Wildman–Crippen MR) is 31.3 cm³/mol. The minimum Gasteiger partial charge on any atom is -0.173 e. The topological polar surface area (TPSA) is 34.1 Å². The van der Waals surface area contributed by atoms with Gasteiger partial charge in [0, 0.05) is 4.70 Å². The third-order valence-corrected chi connectivity index (χ3v) is 1.87. The molecule has 0 saturated carbocycles. The number of hydrogen-bond donors (Lipinski definition) is 1. The molecule has 0 bridgehead atoms. The van der Waals surface area contributed by atoms with E-state index in [9.17, 15) is 8.42 Å². The lowest BCUT2D eigenvalue weighted by Gasteiger charge is -1.39. The van der Waals surface area contributed by atoms with Gasteiger partial charge in [-0.2, -0.15) is 8.42 Å². The van der Waals surface area contributed by atoms with Crippen molar-refractivity contribution >= 4 is 36.5 Å². The van der Waals surface area contributed by atoms with Gasteiger partial charge in [0.05, 0.1) is 0 Å². The van der Waals surface area contributed by atoms with Crippen LogP contribution >= 0.6 is 12.6 Å². The molecule has 0 rings (SSSR count). The molecule has 0 aromatic heterocycles. The van der Waals surface area contributed by atoms with Gasteiger partial charge >= 0.3 is 0 Å². The maximum Gasteiger partial charge on any atom is 0.273 e. The van der Waals surface area contributed by atoms with Crippen molar-refractivity contribution in [2.24, 2.45) is 0 Å². The van der Waals surface area contributed by atoms with Crippen molar-refractivity contribution in [2.45, 2.75) is 0 Å². The van der Waals surface area contributed by atoms with E-state index >= 15 is 0 Å². The Kier molecular flexibility index (Phi) is 3.60. The van der Waals surface area contributed by atoms with Gasteiger partial charge in [0.15, 0.2) is 0 Å². The van der Waals surface area contributed by atoms with Gasteiger partial charge in [-0.15, -0.1) is 12.6 Å². The normalized spacial score (nSPS) is 6.83. The fourth-order valence-electron chi connectivity index (χ4n) is 0.0351. The van der Waals surface area contributed by atoms with Crippen LogP contribution in [0.2, 0.25) is 0 Å². The van der Waals surface area contributed by atoms with Crippen molar-refractivity contribution in [2.75, 3.05) is 0 Å². The van der Waals surface area contributed by atoms with Gasteiger partial charge in [-0.3, -0.25) is 0 Å². The highest BCUT2D eigenvalue weighted by Gasteiger charge is 1.47. The largest absolute Gasteiger partial charge is 0.273 e. The first-order valence-corrected chi connectivity index (χ1v) is 3.98. The summed E-state index contributed by atoms with van der Waals surface area (Å²) in [5, 5.41) is 0. The second-order valence-electron chi connectivity index (χ2n) is 0.406. The molecule has 6 heavy (non-hydrogen) atoms. The van der Waals surface area contributed by atoms with E-state index < -0.39 is 9.26 Å². The molecule has 0 aromatic rings. The lowest BCUT2D eigenvalue weighted by molar-refractivity contribution is 0.628. The Hall–Kier alpha value is 0.260. The lowest BCUT2D eigenvalue weighted by Crippen LogP contribution is -1.49. The fraction of sp³-hybridized carbons (Fsp3) is 0. The van der Waals surface area contributed by atoms with Crippen LogP contribution in [0.3, 0.4) is 0 Å². The van der Waals surface area contributed by atoms with Crippen LogP contribution in [0.1, 0.15) is 0 Å². The second kappa shape index (κ2) is 3.45. The van der Waals surface area contributed by atoms with Crippen molar-refractivity contribution in [3.05, 3.63) is 0 Å². The zero-order chi connectivity index (χ0) is 4.99. The van der Waals surface area contributed by atoms with Crippen LogP contribution in [0.15, 0.2) is 0 Å². The van der Waals surface area contributed by atoms with E-state index in [4.69, 9.17) is 0 Å². The van der Waals surface area contributed by atoms with Crippen LogP contribution < -0.4 is 0 Å². The molecule has 0 atom stereocenters. The van der Waals surface area contributed by atoms with Gasteiger partial charge in [-0.25, -0.2) is 0 Å². The fourth-order valence-corrected chi connectivity index (χ4v) is 0.949. The van der Waals surface area contributed by atoms with Crippen molar-refractivity contribution in [1.29, 1.82) is 0 Å². The van der Waals surface area contributed by atoms with Gasteiger partial charge in [-0.1, -0.05) is 0 Å². The van der Waals surface area contributed by atoms with Crippen molar-refractivity contribution < 1.29 is 8.42 Å². The summed E-state index contributed by atoms with van der Waals surface area (Å²) >= 11 is 3.50. The van der Waals surface area contributed by atoms with Gasteiger partial charge < -0.3 is 0 Å². The third-order valence-electron chi connectivity index (χ3n) is 0.122. The highest BCUT2D eigenvalue weighted by atomic mass is 32.8. The molecule has 0 N–H and O–H groups in total. The summed E-state index contributed by atoms with van der Waals surface area (Å²) in [5.41, 5.74) is 0. The van der Waals surface area contributed by atoms with Gasteiger partial charge in [-0.05, 0) is 9.91 Å². The molecule has 0 spiro atoms. The first kappa shape index (κ1) is 6.26. The molecule has 0 heterocycles. The molecule has 0 amide bonds. The van der Waals surface area contributed by atoms with E-state index in [2.05, 4.69) is 12.6 Å². The van der Waals surface area contributed by atoms with E-state index in [1.807, 2.05) is 0 Å². The third kappa shape index (κ3) is 4.26. The highest BCUT2D eigenvalue weighted by molar-refractivity contribution is 8.28. The minimum atomic E-state index is -2.03. The maximum absolute atomic E-state index is 9.48. The first-order valence-electron chi connectivity index (χ1n) is 0.994.